The highest BCUT2D eigenvalue weighted by atomic mass is 19.3. The summed E-state index contributed by atoms with van der Waals surface area (Å²) < 4.78 is 70.2. The lowest BCUT2D eigenvalue weighted by molar-refractivity contribution is -0.0429. The molecule has 0 saturated heterocycles. The fourth-order valence-corrected chi connectivity index (χ4v) is 2.81. The number of hydrogen-bond acceptors (Lipinski definition) is 3. The number of carbonyl (C=O) groups is 1. The molecule has 0 aromatic carbocycles. The van der Waals surface area contributed by atoms with E-state index in [2.05, 4.69) is 4.74 Å². The van der Waals surface area contributed by atoms with Gasteiger partial charge in [0.05, 0.1) is 5.92 Å². The molecule has 0 aromatic rings. The normalized spacial score (nSPS) is 23.4. The van der Waals surface area contributed by atoms with Crippen molar-refractivity contribution in [2.75, 3.05) is 13.1 Å². The number of carbonyl (C=O) groups excluding carboxylic acids is 1. The van der Waals surface area contributed by atoms with Crippen LogP contribution in [0, 0.1) is 5.92 Å². The largest absolute Gasteiger partial charge is 0.415 e. The van der Waals surface area contributed by atoms with Crippen molar-refractivity contribution in [1.82, 2.24) is 4.90 Å². The van der Waals surface area contributed by atoms with Crippen LogP contribution in [-0.4, -0.2) is 34.8 Å². The second-order valence-corrected chi connectivity index (χ2v) is 5.46. The van der Waals surface area contributed by atoms with Crippen LogP contribution in [0.15, 0.2) is 23.7 Å². The molecule has 0 bridgehead atoms. The van der Waals surface area contributed by atoms with Gasteiger partial charge in [-0.3, -0.25) is 0 Å². The van der Waals surface area contributed by atoms with Crippen LogP contribution < -0.4 is 0 Å². The molecule has 1 rings (SSSR count). The van der Waals surface area contributed by atoms with Crippen molar-refractivity contribution in [3.8, 4) is 0 Å². The van der Waals surface area contributed by atoms with E-state index in [0.29, 0.717) is 6.42 Å². The van der Waals surface area contributed by atoms with Crippen molar-refractivity contribution in [3.63, 3.8) is 0 Å². The molecule has 0 radical (unpaired) electrons. The minimum Gasteiger partial charge on any atom is -0.409 e. The summed E-state index contributed by atoms with van der Waals surface area (Å²) in [5, 5.41) is 10.3. The van der Waals surface area contributed by atoms with Crippen LogP contribution >= 0.6 is 0 Å². The van der Waals surface area contributed by atoms with E-state index in [9.17, 15) is 31.9 Å². The second-order valence-electron chi connectivity index (χ2n) is 5.46. The number of rotatable bonds is 5. The molecule has 1 aliphatic rings. The van der Waals surface area contributed by atoms with Crippen LogP contribution in [0.4, 0.5) is 26.7 Å². The fraction of sp³-hybridized carbons (Fsp3) is 0.667. The Balaban J connectivity index is 3.21. The maximum absolute atomic E-state index is 13.8. The molecule has 0 unspecified atom stereocenters. The van der Waals surface area contributed by atoms with Gasteiger partial charge in [0.1, 0.15) is 5.60 Å². The van der Waals surface area contributed by atoms with E-state index >= 15 is 0 Å². The standard InChI is InChI=1S/C15H20F5NO3/c1-3-21(4-2)14(22)24-10(12(17)18)9-7-5-6-8-15(9,23)11(16)13(19)20/h9,23H,3-8H2,1-2H3/t9-,15-/m1/s1. The first-order chi connectivity index (χ1) is 11.2. The third-order valence-corrected chi connectivity index (χ3v) is 4.14. The number of halogens is 5. The Kier molecular flexibility index (Phi) is 7.19. The van der Waals surface area contributed by atoms with Gasteiger partial charge in [-0.1, -0.05) is 12.8 Å². The van der Waals surface area contributed by atoms with Crippen molar-refractivity contribution in [1.29, 1.82) is 0 Å². The molecule has 0 spiro atoms. The first-order valence-electron chi connectivity index (χ1n) is 7.64. The molecule has 9 heteroatoms. The van der Waals surface area contributed by atoms with E-state index < -0.39 is 47.8 Å². The molecule has 1 N–H and O–H groups in total. The number of hydrogen-bond donors (Lipinski definition) is 1. The van der Waals surface area contributed by atoms with E-state index in [-0.39, 0.29) is 25.9 Å². The molecule has 0 aromatic heterocycles. The molecule has 24 heavy (non-hydrogen) atoms. The molecule has 0 heterocycles. The Bertz CT molecular complexity index is 525. The molecular weight excluding hydrogens is 337 g/mol. The number of nitrogens with zero attached hydrogens (tertiary/aromatic N) is 1. The first kappa shape index (κ1) is 20.4. The third-order valence-electron chi connectivity index (χ3n) is 4.14. The summed E-state index contributed by atoms with van der Waals surface area (Å²) in [7, 11) is 0. The topological polar surface area (TPSA) is 49.8 Å². The highest BCUT2D eigenvalue weighted by Gasteiger charge is 2.49. The summed E-state index contributed by atoms with van der Waals surface area (Å²) in [6, 6.07) is 0. The molecule has 1 amide bonds. The van der Waals surface area contributed by atoms with Gasteiger partial charge in [-0.2, -0.15) is 17.6 Å². The molecule has 138 valence electrons. The zero-order valence-corrected chi connectivity index (χ0v) is 13.4. The molecular formula is C15H20F5NO3. The van der Waals surface area contributed by atoms with Crippen LogP contribution in [0.3, 0.4) is 0 Å². The van der Waals surface area contributed by atoms with E-state index in [1.165, 1.54) is 0 Å². The number of aliphatic hydroxyl groups is 1. The first-order valence-corrected chi connectivity index (χ1v) is 7.64. The van der Waals surface area contributed by atoms with Gasteiger partial charge in [0.15, 0.2) is 11.6 Å². The summed E-state index contributed by atoms with van der Waals surface area (Å²) in [5.74, 6) is -5.19. The molecule has 1 fully saturated rings. The quantitative estimate of drug-likeness (QED) is 0.579. The molecule has 1 aliphatic carbocycles. The summed E-state index contributed by atoms with van der Waals surface area (Å²) in [5.41, 5.74) is -2.82. The van der Waals surface area contributed by atoms with Crippen LogP contribution in [0.5, 0.6) is 0 Å². The lowest BCUT2D eigenvalue weighted by atomic mass is 9.73. The van der Waals surface area contributed by atoms with Crippen LogP contribution in [0.1, 0.15) is 39.5 Å². The minimum atomic E-state index is -2.82. The minimum absolute atomic E-state index is 0.179. The average molecular weight is 357 g/mol. The van der Waals surface area contributed by atoms with Crippen LogP contribution in [0.25, 0.3) is 0 Å². The molecule has 0 aliphatic heterocycles. The SMILES string of the molecule is CCN(CC)C(=O)OC(=C(F)F)[C@H]1CCCC[C@]1(O)C(F)=C(F)F. The van der Waals surface area contributed by atoms with Crippen molar-refractivity contribution in [2.45, 2.75) is 45.1 Å². The average Bonchev–Trinajstić information content (AvgIpc) is 2.53. The van der Waals surface area contributed by atoms with Crippen molar-refractivity contribution < 1.29 is 36.6 Å². The Hall–Kier alpha value is -1.64. The Morgan fingerprint density at radius 3 is 2.17 bits per heavy atom. The summed E-state index contributed by atoms with van der Waals surface area (Å²) in [6.45, 7) is 3.55. The van der Waals surface area contributed by atoms with Crippen LogP contribution in [-0.2, 0) is 4.74 Å². The zero-order valence-electron chi connectivity index (χ0n) is 13.4. The van der Waals surface area contributed by atoms with Gasteiger partial charge in [0.25, 0.3) is 0 Å². The van der Waals surface area contributed by atoms with Crippen LogP contribution in [0.2, 0.25) is 0 Å². The maximum atomic E-state index is 13.8. The summed E-state index contributed by atoms with van der Waals surface area (Å²) in [4.78, 5) is 13.0. The smallest absolute Gasteiger partial charge is 0.409 e. The highest BCUT2D eigenvalue weighted by molar-refractivity contribution is 5.69. The number of amides is 1. The van der Waals surface area contributed by atoms with E-state index in [1.54, 1.807) is 13.8 Å². The predicted octanol–water partition coefficient (Wildman–Crippen LogP) is 4.57. The molecule has 4 nitrogen and oxygen atoms in total. The fourth-order valence-electron chi connectivity index (χ4n) is 2.81. The third kappa shape index (κ3) is 4.25. The number of ether oxygens (including phenoxy) is 1. The molecule has 1 saturated carbocycles. The lowest BCUT2D eigenvalue weighted by Gasteiger charge is -2.38. The predicted molar refractivity (Wildman–Crippen MR) is 75.9 cm³/mol. The second kappa shape index (κ2) is 8.46. The molecule has 2 atom stereocenters. The van der Waals surface area contributed by atoms with Gasteiger partial charge >= 0.3 is 18.3 Å². The van der Waals surface area contributed by atoms with E-state index in [4.69, 9.17) is 0 Å². The maximum Gasteiger partial charge on any atom is 0.415 e. The Morgan fingerprint density at radius 1 is 1.12 bits per heavy atom. The Labute approximate surface area is 136 Å². The van der Waals surface area contributed by atoms with Gasteiger partial charge in [-0.25, -0.2) is 9.18 Å². The van der Waals surface area contributed by atoms with Gasteiger partial charge in [-0.15, -0.1) is 0 Å². The Morgan fingerprint density at radius 2 is 1.71 bits per heavy atom. The van der Waals surface area contributed by atoms with Gasteiger partial charge in [0.2, 0.25) is 0 Å². The van der Waals surface area contributed by atoms with Gasteiger partial charge in [-0.05, 0) is 26.7 Å². The van der Waals surface area contributed by atoms with Crippen molar-refractivity contribution in [3.05, 3.63) is 23.7 Å². The highest BCUT2D eigenvalue weighted by Crippen LogP contribution is 2.46. The lowest BCUT2D eigenvalue weighted by Crippen LogP contribution is -2.44. The summed E-state index contributed by atoms with van der Waals surface area (Å²) >= 11 is 0. The van der Waals surface area contributed by atoms with Gasteiger partial charge < -0.3 is 14.7 Å². The van der Waals surface area contributed by atoms with Crippen molar-refractivity contribution in [2.24, 2.45) is 5.92 Å². The van der Waals surface area contributed by atoms with E-state index in [0.717, 1.165) is 4.90 Å². The van der Waals surface area contributed by atoms with E-state index in [1.807, 2.05) is 0 Å². The van der Waals surface area contributed by atoms with Gasteiger partial charge in [0, 0.05) is 13.1 Å². The summed E-state index contributed by atoms with van der Waals surface area (Å²) in [6.07, 6.45) is -6.55. The van der Waals surface area contributed by atoms with Crippen molar-refractivity contribution >= 4 is 6.09 Å². The zero-order chi connectivity index (χ0) is 18.5. The monoisotopic (exact) mass is 357 g/mol.